The molecule has 24 heavy (non-hydrogen) atoms. The number of anilines is 1. The van der Waals surface area contributed by atoms with Crippen molar-refractivity contribution < 1.29 is 23.9 Å². The van der Waals surface area contributed by atoms with Crippen molar-refractivity contribution in [1.82, 2.24) is 0 Å². The maximum atomic E-state index is 12.1. The van der Waals surface area contributed by atoms with Crippen LogP contribution in [0.15, 0.2) is 17.5 Å². The summed E-state index contributed by atoms with van der Waals surface area (Å²) >= 11 is 2.52. The van der Waals surface area contributed by atoms with Crippen LogP contribution in [0.5, 0.6) is 0 Å². The summed E-state index contributed by atoms with van der Waals surface area (Å²) in [6.45, 7) is 5.20. The predicted octanol–water partition coefficient (Wildman–Crippen LogP) is 3.40. The summed E-state index contributed by atoms with van der Waals surface area (Å²) in [5.74, 6) is -1.54. The van der Waals surface area contributed by atoms with Crippen molar-refractivity contribution in [2.75, 3.05) is 18.5 Å². The van der Waals surface area contributed by atoms with E-state index >= 15 is 0 Å². The van der Waals surface area contributed by atoms with Crippen LogP contribution in [0.3, 0.4) is 0 Å². The zero-order valence-electron chi connectivity index (χ0n) is 13.5. The van der Waals surface area contributed by atoms with Gasteiger partial charge < -0.3 is 14.8 Å². The summed E-state index contributed by atoms with van der Waals surface area (Å²) in [6.07, 6.45) is 0. The van der Waals surface area contributed by atoms with Crippen LogP contribution in [0.1, 0.15) is 37.4 Å². The molecule has 2 heterocycles. The average molecular weight is 367 g/mol. The Morgan fingerprint density at radius 1 is 1.17 bits per heavy atom. The number of esters is 2. The van der Waals surface area contributed by atoms with Gasteiger partial charge in [0.2, 0.25) is 0 Å². The van der Waals surface area contributed by atoms with Gasteiger partial charge in [0.05, 0.1) is 12.2 Å². The molecule has 1 amide bonds. The Morgan fingerprint density at radius 2 is 1.92 bits per heavy atom. The van der Waals surface area contributed by atoms with E-state index < -0.39 is 24.5 Å². The fourth-order valence-electron chi connectivity index (χ4n) is 1.92. The van der Waals surface area contributed by atoms with Crippen molar-refractivity contribution in [3.63, 3.8) is 0 Å². The Morgan fingerprint density at radius 3 is 2.54 bits per heavy atom. The molecular weight excluding hydrogens is 350 g/mol. The number of nitrogens with one attached hydrogen (secondary N) is 1. The molecule has 0 saturated carbocycles. The van der Waals surface area contributed by atoms with Gasteiger partial charge in [-0.05, 0) is 37.8 Å². The first-order chi connectivity index (χ1) is 11.4. The van der Waals surface area contributed by atoms with Gasteiger partial charge in [-0.25, -0.2) is 9.59 Å². The number of amides is 1. The fourth-order valence-corrected chi connectivity index (χ4v) is 3.60. The highest BCUT2D eigenvalue weighted by molar-refractivity contribution is 7.16. The first kappa shape index (κ1) is 18.2. The summed E-state index contributed by atoms with van der Waals surface area (Å²) in [5, 5.41) is 4.77. The lowest BCUT2D eigenvalue weighted by Crippen LogP contribution is -2.21. The van der Waals surface area contributed by atoms with Gasteiger partial charge in [0.1, 0.15) is 9.88 Å². The van der Waals surface area contributed by atoms with Crippen LogP contribution in [0.4, 0.5) is 5.00 Å². The molecule has 0 bridgehead atoms. The number of aryl methyl sites for hydroxylation is 1. The molecule has 1 N–H and O–H groups in total. The smallest absolute Gasteiger partial charge is 0.348 e. The molecule has 0 unspecified atom stereocenters. The molecule has 128 valence electrons. The molecule has 0 fully saturated rings. The summed E-state index contributed by atoms with van der Waals surface area (Å²) in [7, 11) is 0. The third kappa shape index (κ3) is 4.21. The Labute approximate surface area is 147 Å². The molecule has 2 rings (SSSR count). The second-order valence-electron chi connectivity index (χ2n) is 4.81. The number of carbonyl (C=O) groups is 3. The highest BCUT2D eigenvalue weighted by atomic mass is 32.1. The lowest BCUT2D eigenvalue weighted by molar-refractivity contribution is -0.119. The lowest BCUT2D eigenvalue weighted by Gasteiger charge is -2.07. The van der Waals surface area contributed by atoms with E-state index in [4.69, 9.17) is 9.47 Å². The van der Waals surface area contributed by atoms with Crippen molar-refractivity contribution in [1.29, 1.82) is 0 Å². The van der Waals surface area contributed by atoms with E-state index in [-0.39, 0.29) is 6.61 Å². The van der Waals surface area contributed by atoms with Gasteiger partial charge in [0.15, 0.2) is 6.61 Å². The highest BCUT2D eigenvalue weighted by Gasteiger charge is 2.22. The normalized spacial score (nSPS) is 10.3. The van der Waals surface area contributed by atoms with E-state index in [9.17, 15) is 14.4 Å². The molecule has 0 aromatic carbocycles. The largest absolute Gasteiger partial charge is 0.462 e. The first-order valence-electron chi connectivity index (χ1n) is 7.21. The molecule has 2 aromatic rings. The third-order valence-electron chi connectivity index (χ3n) is 3.17. The molecule has 0 aliphatic carbocycles. The quantitative estimate of drug-likeness (QED) is 0.792. The zero-order chi connectivity index (χ0) is 17.7. The van der Waals surface area contributed by atoms with Crippen molar-refractivity contribution in [2.45, 2.75) is 20.8 Å². The summed E-state index contributed by atoms with van der Waals surface area (Å²) < 4.78 is 9.98. The van der Waals surface area contributed by atoms with E-state index in [0.29, 0.717) is 15.4 Å². The van der Waals surface area contributed by atoms with Crippen LogP contribution in [-0.4, -0.2) is 31.1 Å². The molecule has 0 aliphatic rings. The molecule has 0 radical (unpaired) electrons. The van der Waals surface area contributed by atoms with Crippen LogP contribution in [-0.2, 0) is 14.3 Å². The second kappa shape index (κ2) is 8.07. The number of ether oxygens (including phenoxy) is 2. The molecule has 0 saturated heterocycles. The average Bonchev–Trinajstić information content (AvgIpc) is 3.15. The number of hydrogen-bond acceptors (Lipinski definition) is 7. The maximum absolute atomic E-state index is 12.1. The molecule has 0 spiro atoms. The van der Waals surface area contributed by atoms with Crippen molar-refractivity contribution in [2.24, 2.45) is 0 Å². The van der Waals surface area contributed by atoms with Crippen molar-refractivity contribution >= 4 is 45.5 Å². The van der Waals surface area contributed by atoms with Crippen molar-refractivity contribution in [3.8, 4) is 0 Å². The Hall–Kier alpha value is -2.19. The standard InChI is InChI=1S/C16H17NO5S2/c1-4-21-16(20)13-9(2)10(3)24-14(13)17-12(18)8-22-15(19)11-6-5-7-23-11/h5-7H,4,8H2,1-3H3,(H,17,18). The minimum Gasteiger partial charge on any atom is -0.462 e. The zero-order valence-corrected chi connectivity index (χ0v) is 15.1. The van der Waals surface area contributed by atoms with Crippen LogP contribution in [0, 0.1) is 13.8 Å². The summed E-state index contributed by atoms with van der Waals surface area (Å²) in [4.78, 5) is 37.1. The van der Waals surface area contributed by atoms with Gasteiger partial charge in [0.25, 0.3) is 5.91 Å². The van der Waals surface area contributed by atoms with Crippen LogP contribution >= 0.6 is 22.7 Å². The number of carbonyl (C=O) groups excluding carboxylic acids is 3. The first-order valence-corrected chi connectivity index (χ1v) is 8.91. The van der Waals surface area contributed by atoms with Gasteiger partial charge in [-0.2, -0.15) is 0 Å². The molecule has 8 heteroatoms. The van der Waals surface area contributed by atoms with E-state index in [1.807, 2.05) is 6.92 Å². The van der Waals surface area contributed by atoms with Crippen molar-refractivity contribution in [3.05, 3.63) is 38.4 Å². The Bertz CT molecular complexity index is 749. The van der Waals surface area contributed by atoms with Gasteiger partial charge in [0, 0.05) is 4.88 Å². The second-order valence-corrected chi connectivity index (χ2v) is 6.98. The summed E-state index contributed by atoms with van der Waals surface area (Å²) in [5.41, 5.74) is 1.11. The molecule has 2 aromatic heterocycles. The van der Waals surface area contributed by atoms with Gasteiger partial charge >= 0.3 is 11.9 Å². The molecule has 0 aliphatic heterocycles. The molecule has 0 atom stereocenters. The minimum absolute atomic E-state index is 0.249. The Kier molecular flexibility index (Phi) is 6.10. The Balaban J connectivity index is 2.02. The van der Waals surface area contributed by atoms with E-state index in [1.54, 1.807) is 31.4 Å². The minimum atomic E-state index is -0.552. The van der Waals surface area contributed by atoms with E-state index in [0.717, 1.165) is 10.4 Å². The van der Waals surface area contributed by atoms with Gasteiger partial charge in [-0.1, -0.05) is 6.07 Å². The molecule has 6 nitrogen and oxygen atoms in total. The van der Waals surface area contributed by atoms with Gasteiger partial charge in [-0.3, -0.25) is 4.79 Å². The van der Waals surface area contributed by atoms with E-state index in [1.165, 1.54) is 22.7 Å². The van der Waals surface area contributed by atoms with Crippen LogP contribution in [0.25, 0.3) is 0 Å². The lowest BCUT2D eigenvalue weighted by atomic mass is 10.1. The third-order valence-corrected chi connectivity index (χ3v) is 5.15. The predicted molar refractivity (Wildman–Crippen MR) is 93.0 cm³/mol. The van der Waals surface area contributed by atoms with Crippen LogP contribution in [0.2, 0.25) is 0 Å². The number of hydrogen-bond donors (Lipinski definition) is 1. The fraction of sp³-hybridized carbons (Fsp3) is 0.312. The molecular formula is C16H17NO5S2. The maximum Gasteiger partial charge on any atom is 0.348 e. The van der Waals surface area contributed by atoms with Gasteiger partial charge in [-0.15, -0.1) is 22.7 Å². The topological polar surface area (TPSA) is 81.7 Å². The SMILES string of the molecule is CCOC(=O)c1c(NC(=O)COC(=O)c2cccs2)sc(C)c1C. The highest BCUT2D eigenvalue weighted by Crippen LogP contribution is 2.33. The number of rotatable bonds is 6. The van der Waals surface area contributed by atoms with E-state index in [2.05, 4.69) is 5.32 Å². The summed E-state index contributed by atoms with van der Waals surface area (Å²) in [6, 6.07) is 3.35. The monoisotopic (exact) mass is 367 g/mol. The number of thiophene rings is 2. The van der Waals surface area contributed by atoms with Crippen LogP contribution < -0.4 is 5.32 Å².